The molecule has 2 saturated heterocycles. The predicted octanol–water partition coefficient (Wildman–Crippen LogP) is 1.62. The normalized spacial score (nSPS) is 45.0. The molecule has 5 N–H and O–H groups in total. The summed E-state index contributed by atoms with van der Waals surface area (Å²) in [5.74, 6) is -2.32. The van der Waals surface area contributed by atoms with Crippen molar-refractivity contribution in [3.63, 3.8) is 0 Å². The Morgan fingerprint density at radius 2 is 1.82 bits per heavy atom. The minimum atomic E-state index is -1.77. The Bertz CT molecular complexity index is 878. The zero-order chi connectivity index (χ0) is 28.7. The third-order valence-corrected chi connectivity index (χ3v) is 8.93. The van der Waals surface area contributed by atoms with Gasteiger partial charge in [-0.1, -0.05) is 20.8 Å². The summed E-state index contributed by atoms with van der Waals surface area (Å²) in [7, 11) is 1.78. The Morgan fingerprint density at radius 3 is 2.39 bits per heavy atom. The first kappa shape index (κ1) is 31.3. The summed E-state index contributed by atoms with van der Waals surface area (Å²) in [6.45, 7) is 14.1. The average Bonchev–Trinajstić information content (AvgIpc) is 3.18. The van der Waals surface area contributed by atoms with Gasteiger partial charge in [-0.3, -0.25) is 4.79 Å². The second kappa shape index (κ2) is 11.7. The Hall–Kier alpha value is -1.27. The highest BCUT2D eigenvalue weighted by molar-refractivity contribution is 5.73. The number of aliphatic hydroxyl groups is 4. The number of nitrogens with one attached hydrogen (secondary N) is 1. The molecule has 0 aromatic carbocycles. The van der Waals surface area contributed by atoms with E-state index in [-0.39, 0.29) is 18.6 Å². The van der Waals surface area contributed by atoms with Crippen molar-refractivity contribution < 1.29 is 44.2 Å². The fourth-order valence-electron chi connectivity index (χ4n) is 6.52. The van der Waals surface area contributed by atoms with Crippen molar-refractivity contribution in [3.8, 4) is 0 Å². The maximum Gasteiger partial charge on any atom is 0.311 e. The van der Waals surface area contributed by atoms with Crippen molar-refractivity contribution in [2.24, 2.45) is 17.8 Å². The standard InChI is InChI=1S/C28H49NO9/c1-10-19(30)28(8,34)24-17(6)22-13(2)12-27(7,38-22)23(15(4)20(31)16(5)25(33)36-24)37-26-21(32)18(29-9)11-14(3)35-26/h14-21,23-24,26,29-32,34H,10-12H2,1-9H3/t14?,15-,16+,17-,18?,19+,20-,21?,23+,24+,26-,27-,28+/m0/s1. The molecule has 3 rings (SSSR count). The lowest BCUT2D eigenvalue weighted by atomic mass is 9.79. The van der Waals surface area contributed by atoms with Gasteiger partial charge < -0.3 is 44.7 Å². The largest absolute Gasteiger partial charge is 0.488 e. The van der Waals surface area contributed by atoms with E-state index < -0.39 is 71.7 Å². The molecule has 10 heteroatoms. The number of hydrogen-bond donors (Lipinski definition) is 5. The maximum absolute atomic E-state index is 13.3. The Labute approximate surface area is 226 Å². The predicted molar refractivity (Wildman–Crippen MR) is 140 cm³/mol. The first-order chi connectivity index (χ1) is 17.6. The number of carbonyl (C=O) groups is 1. The monoisotopic (exact) mass is 543 g/mol. The van der Waals surface area contributed by atoms with E-state index in [2.05, 4.69) is 5.32 Å². The van der Waals surface area contributed by atoms with Gasteiger partial charge in [0.1, 0.15) is 35.3 Å². The van der Waals surface area contributed by atoms with Crippen LogP contribution in [0.2, 0.25) is 0 Å². The lowest BCUT2D eigenvalue weighted by molar-refractivity contribution is -0.292. The molecular weight excluding hydrogens is 494 g/mol. The molecule has 0 spiro atoms. The van der Waals surface area contributed by atoms with Gasteiger partial charge in [-0.2, -0.15) is 0 Å². The molecule has 0 aromatic heterocycles. The van der Waals surface area contributed by atoms with Crippen LogP contribution in [0.15, 0.2) is 11.3 Å². The maximum atomic E-state index is 13.3. The zero-order valence-corrected chi connectivity index (χ0v) is 24.3. The summed E-state index contributed by atoms with van der Waals surface area (Å²) in [4.78, 5) is 13.3. The van der Waals surface area contributed by atoms with Crippen molar-refractivity contribution >= 4 is 5.97 Å². The molecule has 0 amide bonds. The third-order valence-electron chi connectivity index (χ3n) is 8.93. The SMILES string of the molecule is CC[C@@H](O)[C@@](C)(O)[C@@H]1OC(=O)[C@H](C)[C@@H](O)[C@H](C)[C@@H](O[C@@H]2OC(C)CC(NC)C2O)[C@]2(C)CC(C)=C(O2)[C@@H]1C. The second-order valence-corrected chi connectivity index (χ2v) is 12.2. The van der Waals surface area contributed by atoms with Gasteiger partial charge in [0.25, 0.3) is 0 Å². The van der Waals surface area contributed by atoms with Crippen molar-refractivity contribution in [2.75, 3.05) is 7.05 Å². The van der Waals surface area contributed by atoms with E-state index in [1.54, 1.807) is 34.7 Å². The molecule has 13 atom stereocenters. The molecule has 3 unspecified atom stereocenters. The molecule has 0 saturated carbocycles. The summed E-state index contributed by atoms with van der Waals surface area (Å²) in [6.07, 6.45) is -5.00. The number of hydrogen-bond acceptors (Lipinski definition) is 10. The number of fused-ring (bicyclic) bond motifs is 2. The average molecular weight is 544 g/mol. The van der Waals surface area contributed by atoms with Crippen LogP contribution in [-0.2, 0) is 23.7 Å². The number of cyclic esters (lactones) is 1. The summed E-state index contributed by atoms with van der Waals surface area (Å²) in [5.41, 5.74) is -1.85. The number of ether oxygens (including phenoxy) is 4. The van der Waals surface area contributed by atoms with Gasteiger partial charge >= 0.3 is 5.97 Å². The van der Waals surface area contributed by atoms with Crippen LogP contribution in [0, 0.1) is 17.8 Å². The first-order valence-electron chi connectivity index (χ1n) is 13.9. The number of aliphatic hydroxyl groups excluding tert-OH is 3. The number of rotatable bonds is 6. The van der Waals surface area contributed by atoms with Crippen molar-refractivity contribution in [2.45, 2.75) is 135 Å². The van der Waals surface area contributed by atoms with E-state index in [0.717, 1.165) is 5.57 Å². The molecule has 0 aromatic rings. The van der Waals surface area contributed by atoms with E-state index in [0.29, 0.717) is 18.6 Å². The van der Waals surface area contributed by atoms with E-state index in [4.69, 9.17) is 18.9 Å². The molecule has 2 bridgehead atoms. The lowest BCUT2D eigenvalue weighted by Gasteiger charge is -2.45. The van der Waals surface area contributed by atoms with Crippen LogP contribution in [0.5, 0.6) is 0 Å². The molecule has 10 nitrogen and oxygen atoms in total. The summed E-state index contributed by atoms with van der Waals surface area (Å²) in [5, 5.41) is 47.5. The molecule has 0 radical (unpaired) electrons. The summed E-state index contributed by atoms with van der Waals surface area (Å²) < 4.78 is 25.0. The molecule has 38 heavy (non-hydrogen) atoms. The minimum Gasteiger partial charge on any atom is -0.488 e. The van der Waals surface area contributed by atoms with Crippen LogP contribution < -0.4 is 5.32 Å². The molecule has 3 heterocycles. The van der Waals surface area contributed by atoms with Gasteiger partial charge in [0.05, 0.1) is 30.1 Å². The van der Waals surface area contributed by atoms with Gasteiger partial charge in [-0.15, -0.1) is 0 Å². The minimum absolute atomic E-state index is 0.168. The number of esters is 1. The molecule has 220 valence electrons. The van der Waals surface area contributed by atoms with Crippen LogP contribution in [0.4, 0.5) is 0 Å². The van der Waals surface area contributed by atoms with Gasteiger partial charge in [0.2, 0.25) is 0 Å². The van der Waals surface area contributed by atoms with Crippen LogP contribution in [0.3, 0.4) is 0 Å². The first-order valence-corrected chi connectivity index (χ1v) is 13.9. The van der Waals surface area contributed by atoms with Gasteiger partial charge in [-0.05, 0) is 60.1 Å². The molecule has 3 aliphatic rings. The Balaban J connectivity index is 2.05. The van der Waals surface area contributed by atoms with Crippen molar-refractivity contribution in [1.29, 1.82) is 0 Å². The van der Waals surface area contributed by atoms with E-state index in [1.807, 2.05) is 20.8 Å². The van der Waals surface area contributed by atoms with Gasteiger partial charge in [-0.25, -0.2) is 0 Å². The smallest absolute Gasteiger partial charge is 0.311 e. The molecule has 3 aliphatic heterocycles. The molecule has 2 fully saturated rings. The van der Waals surface area contributed by atoms with E-state index >= 15 is 0 Å². The highest BCUT2D eigenvalue weighted by Gasteiger charge is 2.55. The van der Waals surface area contributed by atoms with Crippen LogP contribution in [0.1, 0.15) is 74.7 Å². The number of likely N-dealkylation sites (N-methyl/N-ethyl adjacent to an activating group) is 1. The molecule has 0 aliphatic carbocycles. The second-order valence-electron chi connectivity index (χ2n) is 12.2. The Kier molecular flexibility index (Phi) is 9.61. The van der Waals surface area contributed by atoms with Crippen LogP contribution in [0.25, 0.3) is 0 Å². The van der Waals surface area contributed by atoms with Crippen molar-refractivity contribution in [3.05, 3.63) is 11.3 Å². The lowest BCUT2D eigenvalue weighted by Crippen LogP contribution is -2.58. The zero-order valence-electron chi connectivity index (χ0n) is 24.3. The van der Waals surface area contributed by atoms with Crippen LogP contribution in [-0.4, -0.2) is 93.6 Å². The van der Waals surface area contributed by atoms with Crippen molar-refractivity contribution in [1.82, 2.24) is 5.32 Å². The van der Waals surface area contributed by atoms with Crippen LogP contribution >= 0.6 is 0 Å². The highest BCUT2D eigenvalue weighted by Crippen LogP contribution is 2.47. The van der Waals surface area contributed by atoms with Gasteiger partial charge in [0, 0.05) is 18.4 Å². The summed E-state index contributed by atoms with van der Waals surface area (Å²) >= 11 is 0. The number of carbonyl (C=O) groups excluding carboxylic acids is 1. The molecular formula is C28H49NO9. The van der Waals surface area contributed by atoms with E-state index in [1.165, 1.54) is 6.92 Å². The quantitative estimate of drug-likeness (QED) is 0.313. The summed E-state index contributed by atoms with van der Waals surface area (Å²) in [6, 6.07) is -0.235. The fourth-order valence-corrected chi connectivity index (χ4v) is 6.52. The topological polar surface area (TPSA) is 147 Å². The highest BCUT2D eigenvalue weighted by atomic mass is 16.7. The van der Waals surface area contributed by atoms with E-state index in [9.17, 15) is 25.2 Å². The fraction of sp³-hybridized carbons (Fsp3) is 0.893. The third kappa shape index (κ3) is 5.77. The van der Waals surface area contributed by atoms with Gasteiger partial charge in [0.15, 0.2) is 6.29 Å². The Morgan fingerprint density at radius 1 is 1.18 bits per heavy atom.